The van der Waals surface area contributed by atoms with E-state index in [1.807, 2.05) is 0 Å². The molecule has 6 nitrogen and oxygen atoms in total. The van der Waals surface area contributed by atoms with Gasteiger partial charge in [0.15, 0.2) is 24.8 Å². The Morgan fingerprint density at radius 2 is 0.923 bits per heavy atom. The molecule has 13 heavy (non-hydrogen) atoms. The summed E-state index contributed by atoms with van der Waals surface area (Å²) in [6.45, 7) is 0.0994. The van der Waals surface area contributed by atoms with Crippen LogP contribution in [0.25, 0.3) is 0 Å². The van der Waals surface area contributed by atoms with Crippen molar-refractivity contribution in [1.82, 2.24) is 9.80 Å². The van der Waals surface area contributed by atoms with Gasteiger partial charge in [0.2, 0.25) is 0 Å². The molecule has 0 heterocycles. The van der Waals surface area contributed by atoms with Gasteiger partial charge in [0.25, 0.3) is 0 Å². The summed E-state index contributed by atoms with van der Waals surface area (Å²) < 4.78 is 0. The zero-order chi connectivity index (χ0) is 9.40. The van der Waals surface area contributed by atoms with Crippen LogP contribution in [0.4, 0.5) is 0 Å². The van der Waals surface area contributed by atoms with E-state index in [1.165, 1.54) is 0 Å². The molecule has 0 aromatic heterocycles. The molecule has 0 aromatic carbocycles. The van der Waals surface area contributed by atoms with Crippen LogP contribution in [0.3, 0.4) is 0 Å². The van der Waals surface area contributed by atoms with E-state index < -0.39 is 0 Å². The number of nitrogens with zero attached hydrogens (tertiary/aromatic N) is 6. The fourth-order valence-corrected chi connectivity index (χ4v) is 0.445. The molecule has 0 fully saturated rings. The summed E-state index contributed by atoms with van der Waals surface area (Å²) in [6.07, 6.45) is 6.33. The number of hydrogen-bond donors (Lipinski definition) is 0. The second-order valence-electron chi connectivity index (χ2n) is 1.70. The van der Waals surface area contributed by atoms with E-state index in [4.69, 9.17) is 21.0 Å². The molecule has 0 spiro atoms. The molecule has 0 bridgehead atoms. The van der Waals surface area contributed by atoms with Crippen LogP contribution in [-0.4, -0.2) is 74.3 Å². The maximum absolute atomic E-state index is 8.25. The second kappa shape index (κ2) is 9.29. The third-order valence-electron chi connectivity index (χ3n) is 1.03. The minimum absolute atomic E-state index is 0. The first-order valence-corrected chi connectivity index (χ1v) is 2.92. The van der Waals surface area contributed by atoms with Crippen LogP contribution in [0.15, 0.2) is 0 Å². The molecule has 0 aliphatic rings. The van der Waals surface area contributed by atoms with Crippen molar-refractivity contribution in [2.45, 2.75) is 0 Å². The molecule has 1 radical (unpaired) electrons. The Bertz CT molecular complexity index is 239. The van der Waals surface area contributed by atoms with E-state index in [-0.39, 0.29) is 64.5 Å². The fraction of sp³-hybridized carbons (Fsp3) is 0.333. The summed E-state index contributed by atoms with van der Waals surface area (Å²) in [5.74, 6) is 0. The molecule has 0 aliphatic heterocycles. The first-order valence-electron chi connectivity index (χ1n) is 2.92. The summed E-state index contributed by atoms with van der Waals surface area (Å²) in [7, 11) is 0. The monoisotopic (exact) mass is 199 g/mol. The van der Waals surface area contributed by atoms with Crippen LogP contribution in [0, 0.1) is 45.8 Å². The zero-order valence-electron chi connectivity index (χ0n) is 7.10. The minimum atomic E-state index is 0. The van der Waals surface area contributed by atoms with Crippen molar-refractivity contribution in [2.24, 2.45) is 0 Å². The van der Waals surface area contributed by atoms with Gasteiger partial charge in [0.05, 0.1) is 13.1 Å². The second-order valence-corrected chi connectivity index (χ2v) is 1.70. The Balaban J connectivity index is 0. The normalized spacial score (nSPS) is 6.15. The summed E-state index contributed by atoms with van der Waals surface area (Å²) in [4.78, 5) is 1.56. The third-order valence-corrected chi connectivity index (χ3v) is 1.03. The van der Waals surface area contributed by atoms with Gasteiger partial charge in [-0.3, -0.25) is 0 Å². The fourth-order valence-electron chi connectivity index (χ4n) is 0.445. The Kier molecular flexibility index (Phi) is 10.5. The van der Waals surface area contributed by atoms with Gasteiger partial charge in [-0.2, -0.15) is 21.0 Å². The first-order chi connectivity index (χ1) is 5.78. The Morgan fingerprint density at radius 1 is 0.692 bits per heavy atom. The van der Waals surface area contributed by atoms with Crippen molar-refractivity contribution in [3.63, 3.8) is 0 Å². The van der Waals surface area contributed by atoms with Gasteiger partial charge < -0.3 is 0 Å². The standard InChI is InChI=1S/C6H4N6.K/c7-3-11(4-8)1-2-12(5-9)6-10;/h1-2H2;. The van der Waals surface area contributed by atoms with Gasteiger partial charge in [-0.25, -0.2) is 9.80 Å². The predicted molar refractivity (Wildman–Crippen MR) is 41.6 cm³/mol. The minimum Gasteiger partial charge on any atom is -0.214 e. The molecule has 0 aliphatic carbocycles. The third kappa shape index (κ3) is 6.37. The molecule has 59 valence electrons. The van der Waals surface area contributed by atoms with Gasteiger partial charge in [0.1, 0.15) is 0 Å². The molecule has 0 rings (SSSR count). The van der Waals surface area contributed by atoms with Crippen molar-refractivity contribution in [1.29, 1.82) is 21.0 Å². The zero-order valence-corrected chi connectivity index (χ0v) is 10.2. The van der Waals surface area contributed by atoms with Gasteiger partial charge >= 0.3 is 0 Å². The quantitative estimate of drug-likeness (QED) is 0.333. The summed E-state index contributed by atoms with van der Waals surface area (Å²) in [5.41, 5.74) is 0. The average molecular weight is 199 g/mol. The van der Waals surface area contributed by atoms with Gasteiger partial charge in [0, 0.05) is 51.4 Å². The summed E-state index contributed by atoms with van der Waals surface area (Å²) in [5, 5.41) is 33.0. The van der Waals surface area contributed by atoms with Crippen LogP contribution in [0.1, 0.15) is 0 Å². The van der Waals surface area contributed by atoms with Crippen molar-refractivity contribution < 1.29 is 0 Å². The molecule has 0 N–H and O–H groups in total. The van der Waals surface area contributed by atoms with Crippen LogP contribution < -0.4 is 0 Å². The van der Waals surface area contributed by atoms with Crippen molar-refractivity contribution in [3.05, 3.63) is 0 Å². The first kappa shape index (κ1) is 14.7. The Morgan fingerprint density at radius 3 is 1.08 bits per heavy atom. The van der Waals surface area contributed by atoms with E-state index in [0.29, 0.717) is 0 Å². The number of rotatable bonds is 3. The Hall–Kier alpha value is -0.804. The molecule has 0 atom stereocenters. The maximum atomic E-state index is 8.25. The van der Waals surface area contributed by atoms with E-state index in [1.54, 1.807) is 24.8 Å². The molecular weight excluding hydrogens is 195 g/mol. The van der Waals surface area contributed by atoms with Crippen molar-refractivity contribution in [3.8, 4) is 24.8 Å². The topological polar surface area (TPSA) is 102 Å². The largest absolute Gasteiger partial charge is 0.214 e. The Labute approximate surface area is 119 Å². The van der Waals surface area contributed by atoms with E-state index in [0.717, 1.165) is 9.80 Å². The van der Waals surface area contributed by atoms with Crippen LogP contribution in [-0.2, 0) is 0 Å². The van der Waals surface area contributed by atoms with Crippen LogP contribution in [0.5, 0.6) is 0 Å². The summed E-state index contributed by atoms with van der Waals surface area (Å²) >= 11 is 0. The van der Waals surface area contributed by atoms with E-state index in [9.17, 15) is 0 Å². The maximum Gasteiger partial charge on any atom is 0.193 e. The van der Waals surface area contributed by atoms with E-state index in [2.05, 4.69) is 0 Å². The van der Waals surface area contributed by atoms with Crippen LogP contribution in [0.2, 0.25) is 0 Å². The van der Waals surface area contributed by atoms with Crippen molar-refractivity contribution in [2.75, 3.05) is 13.1 Å². The number of nitriles is 4. The number of hydrogen-bond acceptors (Lipinski definition) is 6. The molecule has 7 heteroatoms. The smallest absolute Gasteiger partial charge is 0.193 e. The molecule has 0 saturated carbocycles. The van der Waals surface area contributed by atoms with Gasteiger partial charge in [-0.1, -0.05) is 0 Å². The van der Waals surface area contributed by atoms with E-state index >= 15 is 0 Å². The van der Waals surface area contributed by atoms with Crippen molar-refractivity contribution >= 4 is 51.4 Å². The predicted octanol–water partition coefficient (Wildman–Crippen LogP) is -0.866. The molecular formula is C6H4KN6. The molecule has 0 saturated heterocycles. The SMILES string of the molecule is N#CN(C#N)CCN(C#N)C#N.[K]. The molecule has 0 unspecified atom stereocenters. The van der Waals surface area contributed by atoms with Gasteiger partial charge in [-0.05, 0) is 0 Å². The average Bonchev–Trinajstić information content (AvgIpc) is 2.13. The van der Waals surface area contributed by atoms with Crippen LogP contribution >= 0.6 is 0 Å². The van der Waals surface area contributed by atoms with Gasteiger partial charge in [-0.15, -0.1) is 0 Å². The molecule has 0 aromatic rings. The molecule has 0 amide bonds. The summed E-state index contributed by atoms with van der Waals surface area (Å²) in [6, 6.07) is 0.